The smallest absolute Gasteiger partial charge is 0.304 e. The van der Waals surface area contributed by atoms with Crippen molar-refractivity contribution >= 4 is 17.8 Å². The standard InChI is InChI=1S/C15H26N2O4/c1-6-10(2)17-12(18)9-11(14(17)21)16(15(3,4)5)8-7-13(19)20/h10-11H,6-9H2,1-5H3,(H,19,20). The first kappa shape index (κ1) is 17.6. The van der Waals surface area contributed by atoms with Crippen molar-refractivity contribution < 1.29 is 19.5 Å². The molecule has 0 aliphatic carbocycles. The second kappa shape index (κ2) is 6.56. The van der Waals surface area contributed by atoms with Crippen molar-refractivity contribution in [3.63, 3.8) is 0 Å². The van der Waals surface area contributed by atoms with E-state index in [4.69, 9.17) is 5.11 Å². The molecule has 6 nitrogen and oxygen atoms in total. The third-order valence-electron chi connectivity index (χ3n) is 4.00. The van der Waals surface area contributed by atoms with Gasteiger partial charge < -0.3 is 5.11 Å². The first-order valence-electron chi connectivity index (χ1n) is 7.44. The summed E-state index contributed by atoms with van der Waals surface area (Å²) in [4.78, 5) is 38.7. The van der Waals surface area contributed by atoms with Gasteiger partial charge in [0.1, 0.15) is 0 Å². The highest BCUT2D eigenvalue weighted by molar-refractivity contribution is 6.05. The van der Waals surface area contributed by atoms with Gasteiger partial charge in [-0.15, -0.1) is 0 Å². The molecular formula is C15H26N2O4. The minimum atomic E-state index is -0.903. The number of aliphatic carboxylic acids is 1. The topological polar surface area (TPSA) is 77.9 Å². The van der Waals surface area contributed by atoms with Crippen LogP contribution in [0, 0.1) is 0 Å². The van der Waals surface area contributed by atoms with Gasteiger partial charge in [-0.2, -0.15) is 0 Å². The SMILES string of the molecule is CCC(C)N1C(=O)CC(N(CCC(=O)O)C(C)(C)C)C1=O. The summed E-state index contributed by atoms with van der Waals surface area (Å²) in [5.74, 6) is -1.27. The van der Waals surface area contributed by atoms with Gasteiger partial charge in [0.15, 0.2) is 0 Å². The second-order valence-electron chi connectivity index (χ2n) is 6.59. The fourth-order valence-electron chi connectivity index (χ4n) is 2.70. The van der Waals surface area contributed by atoms with E-state index in [-0.39, 0.29) is 42.8 Å². The van der Waals surface area contributed by atoms with Gasteiger partial charge in [-0.1, -0.05) is 6.92 Å². The summed E-state index contributed by atoms with van der Waals surface area (Å²) in [5.41, 5.74) is -0.373. The van der Waals surface area contributed by atoms with Gasteiger partial charge in [-0.3, -0.25) is 24.2 Å². The molecule has 6 heteroatoms. The summed E-state index contributed by atoms with van der Waals surface area (Å²) < 4.78 is 0. The van der Waals surface area contributed by atoms with E-state index in [1.54, 1.807) is 0 Å². The summed E-state index contributed by atoms with van der Waals surface area (Å²) in [6.07, 6.45) is 0.813. The molecular weight excluding hydrogens is 272 g/mol. The number of imide groups is 1. The maximum Gasteiger partial charge on any atom is 0.304 e. The molecule has 2 unspecified atom stereocenters. The van der Waals surface area contributed by atoms with Crippen LogP contribution in [0.5, 0.6) is 0 Å². The molecule has 0 bridgehead atoms. The predicted molar refractivity (Wildman–Crippen MR) is 78.7 cm³/mol. The number of carbonyl (C=O) groups is 3. The van der Waals surface area contributed by atoms with Crippen molar-refractivity contribution in [1.82, 2.24) is 9.80 Å². The van der Waals surface area contributed by atoms with Crippen LogP contribution in [0.15, 0.2) is 0 Å². The van der Waals surface area contributed by atoms with Crippen LogP contribution in [-0.4, -0.2) is 56.9 Å². The predicted octanol–water partition coefficient (Wildman–Crippen LogP) is 1.49. The number of rotatable bonds is 6. The zero-order valence-electron chi connectivity index (χ0n) is 13.5. The van der Waals surface area contributed by atoms with Gasteiger partial charge in [0.2, 0.25) is 11.8 Å². The maximum atomic E-state index is 12.6. The van der Waals surface area contributed by atoms with E-state index in [0.29, 0.717) is 0 Å². The number of amides is 2. The third-order valence-corrected chi connectivity index (χ3v) is 4.00. The highest BCUT2D eigenvalue weighted by Gasteiger charge is 2.46. The molecule has 1 fully saturated rings. The molecule has 21 heavy (non-hydrogen) atoms. The lowest BCUT2D eigenvalue weighted by Crippen LogP contribution is -2.52. The second-order valence-corrected chi connectivity index (χ2v) is 6.59. The van der Waals surface area contributed by atoms with Gasteiger partial charge in [-0.05, 0) is 34.1 Å². The molecule has 0 aromatic carbocycles. The van der Waals surface area contributed by atoms with Gasteiger partial charge in [-0.25, -0.2) is 0 Å². The van der Waals surface area contributed by atoms with Crippen LogP contribution in [0.3, 0.4) is 0 Å². The van der Waals surface area contributed by atoms with Gasteiger partial charge in [0, 0.05) is 18.1 Å². The van der Waals surface area contributed by atoms with Crippen LogP contribution in [0.4, 0.5) is 0 Å². The first-order valence-corrected chi connectivity index (χ1v) is 7.44. The summed E-state index contributed by atoms with van der Waals surface area (Å²) in [5, 5.41) is 8.88. The summed E-state index contributed by atoms with van der Waals surface area (Å²) in [6, 6.07) is -0.665. The van der Waals surface area contributed by atoms with Crippen LogP contribution in [-0.2, 0) is 14.4 Å². The number of likely N-dealkylation sites (tertiary alicyclic amines) is 1. The quantitative estimate of drug-likeness (QED) is 0.752. The molecule has 0 spiro atoms. The number of carbonyl (C=O) groups excluding carboxylic acids is 2. The number of nitrogens with zero attached hydrogens (tertiary/aromatic N) is 2. The van der Waals surface area contributed by atoms with Gasteiger partial charge in [0.05, 0.1) is 18.9 Å². The molecule has 2 atom stereocenters. The highest BCUT2D eigenvalue weighted by Crippen LogP contribution is 2.27. The van der Waals surface area contributed by atoms with E-state index in [2.05, 4.69) is 0 Å². The number of hydrogen-bond donors (Lipinski definition) is 1. The van der Waals surface area contributed by atoms with Gasteiger partial charge in [0.25, 0.3) is 0 Å². The number of carboxylic acid groups (broad SMARTS) is 1. The monoisotopic (exact) mass is 298 g/mol. The van der Waals surface area contributed by atoms with Crippen molar-refractivity contribution in [2.75, 3.05) is 6.54 Å². The Labute approximate surface area is 126 Å². The Kier molecular flexibility index (Phi) is 5.50. The Morgan fingerprint density at radius 2 is 2.00 bits per heavy atom. The maximum absolute atomic E-state index is 12.6. The Hall–Kier alpha value is -1.43. The molecule has 1 aliphatic rings. The molecule has 1 saturated heterocycles. The van der Waals surface area contributed by atoms with E-state index < -0.39 is 12.0 Å². The molecule has 0 saturated carbocycles. The number of carboxylic acids is 1. The molecule has 1 aliphatic heterocycles. The minimum Gasteiger partial charge on any atom is -0.481 e. The average molecular weight is 298 g/mol. The van der Waals surface area contributed by atoms with Crippen LogP contribution in [0.2, 0.25) is 0 Å². The van der Waals surface area contributed by atoms with Crippen molar-refractivity contribution in [2.45, 2.75) is 71.5 Å². The molecule has 1 rings (SSSR count). The highest BCUT2D eigenvalue weighted by atomic mass is 16.4. The van der Waals surface area contributed by atoms with Crippen LogP contribution in [0.25, 0.3) is 0 Å². The van der Waals surface area contributed by atoms with Crippen molar-refractivity contribution in [3.05, 3.63) is 0 Å². The summed E-state index contributed by atoms with van der Waals surface area (Å²) in [7, 11) is 0. The molecule has 2 amide bonds. The van der Waals surface area contributed by atoms with E-state index in [9.17, 15) is 14.4 Å². The summed E-state index contributed by atoms with van der Waals surface area (Å²) in [6.45, 7) is 9.84. The lowest BCUT2D eigenvalue weighted by Gasteiger charge is -2.39. The lowest BCUT2D eigenvalue weighted by molar-refractivity contribution is -0.144. The molecule has 120 valence electrons. The fourth-order valence-corrected chi connectivity index (χ4v) is 2.70. The van der Waals surface area contributed by atoms with Crippen LogP contribution >= 0.6 is 0 Å². The van der Waals surface area contributed by atoms with Crippen molar-refractivity contribution in [1.29, 1.82) is 0 Å². The van der Waals surface area contributed by atoms with Crippen molar-refractivity contribution in [2.24, 2.45) is 0 Å². The number of hydrogen-bond acceptors (Lipinski definition) is 4. The Morgan fingerprint density at radius 1 is 1.43 bits per heavy atom. The first-order chi connectivity index (χ1) is 9.59. The zero-order valence-corrected chi connectivity index (χ0v) is 13.5. The third kappa shape index (κ3) is 4.03. The largest absolute Gasteiger partial charge is 0.481 e. The van der Waals surface area contributed by atoms with E-state index in [1.807, 2.05) is 39.5 Å². The Balaban J connectivity index is 2.96. The molecule has 0 aromatic heterocycles. The van der Waals surface area contributed by atoms with E-state index in [0.717, 1.165) is 6.42 Å². The molecule has 0 aromatic rings. The van der Waals surface area contributed by atoms with Crippen molar-refractivity contribution in [3.8, 4) is 0 Å². The van der Waals surface area contributed by atoms with Gasteiger partial charge >= 0.3 is 5.97 Å². The van der Waals surface area contributed by atoms with E-state index >= 15 is 0 Å². The van der Waals surface area contributed by atoms with Crippen LogP contribution < -0.4 is 0 Å². The normalized spacial score (nSPS) is 21.2. The fraction of sp³-hybridized carbons (Fsp3) is 0.800. The summed E-state index contributed by atoms with van der Waals surface area (Å²) >= 11 is 0. The minimum absolute atomic E-state index is 0.0431. The Morgan fingerprint density at radius 3 is 2.43 bits per heavy atom. The van der Waals surface area contributed by atoms with E-state index in [1.165, 1.54) is 4.90 Å². The molecule has 1 heterocycles. The Bertz CT molecular complexity index is 428. The average Bonchev–Trinajstić information content (AvgIpc) is 2.62. The zero-order chi connectivity index (χ0) is 16.4. The lowest BCUT2D eigenvalue weighted by atomic mass is 10.0. The van der Waals surface area contributed by atoms with Crippen LogP contribution in [0.1, 0.15) is 53.9 Å². The molecule has 0 radical (unpaired) electrons. The molecule has 1 N–H and O–H groups in total.